The van der Waals surface area contributed by atoms with Crippen LogP contribution in [0.1, 0.15) is 44.9 Å². The van der Waals surface area contributed by atoms with Crippen LogP contribution in [0.4, 0.5) is 5.82 Å². The van der Waals surface area contributed by atoms with E-state index < -0.39 is 0 Å². The summed E-state index contributed by atoms with van der Waals surface area (Å²) in [6, 6.07) is 0. The van der Waals surface area contributed by atoms with Gasteiger partial charge in [-0.3, -0.25) is 0 Å². The minimum absolute atomic E-state index is 0.387. The number of hydrogen-bond donors (Lipinski definition) is 0. The third-order valence-electron chi connectivity index (χ3n) is 3.74. The van der Waals surface area contributed by atoms with Crippen molar-refractivity contribution in [2.45, 2.75) is 40.5 Å². The average molecular weight is 259 g/mol. The summed E-state index contributed by atoms with van der Waals surface area (Å²) in [7, 11) is 0. The predicted octanol–water partition coefficient (Wildman–Crippen LogP) is 2.40. The molecule has 0 N–H and O–H groups in total. The highest BCUT2D eigenvalue weighted by Crippen LogP contribution is 2.38. The van der Waals surface area contributed by atoms with Crippen molar-refractivity contribution >= 4 is 11.6 Å². The number of rotatable bonds is 2. The van der Waals surface area contributed by atoms with E-state index in [0.29, 0.717) is 17.1 Å². The highest BCUT2D eigenvalue weighted by molar-refractivity contribution is 5.57. The van der Waals surface area contributed by atoms with Crippen molar-refractivity contribution in [2.24, 2.45) is 5.41 Å². The van der Waals surface area contributed by atoms with E-state index in [9.17, 15) is 0 Å². The normalized spacial score (nSPS) is 18.1. The molecule has 0 bridgehead atoms. The van der Waals surface area contributed by atoms with Crippen molar-refractivity contribution in [2.75, 3.05) is 18.0 Å². The molecule has 3 rings (SSSR count). The van der Waals surface area contributed by atoms with Crippen molar-refractivity contribution in [3.05, 3.63) is 17.6 Å². The molecule has 1 fully saturated rings. The first kappa shape index (κ1) is 12.4. The molecule has 0 radical (unpaired) electrons. The van der Waals surface area contributed by atoms with Crippen LogP contribution < -0.4 is 4.90 Å². The predicted molar refractivity (Wildman–Crippen MR) is 75.6 cm³/mol. The van der Waals surface area contributed by atoms with Gasteiger partial charge in [0.1, 0.15) is 12.1 Å². The second kappa shape index (κ2) is 3.92. The van der Waals surface area contributed by atoms with Gasteiger partial charge in [0, 0.05) is 24.3 Å². The summed E-state index contributed by atoms with van der Waals surface area (Å²) in [6.07, 6.45) is 1.58. The van der Waals surface area contributed by atoms with Gasteiger partial charge < -0.3 is 4.90 Å². The van der Waals surface area contributed by atoms with Crippen LogP contribution in [0.15, 0.2) is 6.33 Å². The first-order valence-electron chi connectivity index (χ1n) is 6.84. The maximum Gasteiger partial charge on any atom is 0.254 e. The van der Waals surface area contributed by atoms with Gasteiger partial charge in [0.15, 0.2) is 0 Å². The fraction of sp³-hybridized carbons (Fsp3) is 0.643. The first-order chi connectivity index (χ1) is 8.89. The summed E-state index contributed by atoms with van der Waals surface area (Å²) in [5, 5.41) is 4.35. The van der Waals surface area contributed by atoms with E-state index in [2.05, 4.69) is 54.6 Å². The highest BCUT2D eigenvalue weighted by atomic mass is 15.4. The molecule has 2 aromatic rings. The lowest BCUT2D eigenvalue weighted by molar-refractivity contribution is 0.272. The van der Waals surface area contributed by atoms with Crippen LogP contribution >= 0.6 is 0 Å². The van der Waals surface area contributed by atoms with Crippen molar-refractivity contribution in [3.8, 4) is 0 Å². The molecule has 0 aliphatic carbocycles. The lowest BCUT2D eigenvalue weighted by Gasteiger charge is -2.48. The average Bonchev–Trinajstić information content (AvgIpc) is 2.70. The molecule has 0 saturated carbocycles. The summed E-state index contributed by atoms with van der Waals surface area (Å²) < 4.78 is 1.89. The van der Waals surface area contributed by atoms with Crippen molar-refractivity contribution < 1.29 is 0 Å². The summed E-state index contributed by atoms with van der Waals surface area (Å²) in [4.78, 5) is 11.2. The molecule has 19 heavy (non-hydrogen) atoms. The molecule has 5 nitrogen and oxygen atoms in total. The van der Waals surface area contributed by atoms with Crippen LogP contribution in [0.2, 0.25) is 0 Å². The van der Waals surface area contributed by atoms with Crippen molar-refractivity contribution in [3.63, 3.8) is 0 Å². The van der Waals surface area contributed by atoms with Crippen molar-refractivity contribution in [1.29, 1.82) is 0 Å². The summed E-state index contributed by atoms with van der Waals surface area (Å²) in [6.45, 7) is 13.2. The van der Waals surface area contributed by atoms with E-state index in [0.717, 1.165) is 18.8 Å². The van der Waals surface area contributed by atoms with Crippen LogP contribution in [0.5, 0.6) is 0 Å². The van der Waals surface area contributed by atoms with Gasteiger partial charge >= 0.3 is 0 Å². The fourth-order valence-corrected chi connectivity index (χ4v) is 3.06. The molecule has 2 aromatic heterocycles. The molecule has 0 spiro atoms. The molecule has 3 heterocycles. The maximum absolute atomic E-state index is 4.56. The minimum Gasteiger partial charge on any atom is -0.355 e. The van der Waals surface area contributed by atoms with Gasteiger partial charge in [-0.25, -0.2) is 4.98 Å². The zero-order valence-corrected chi connectivity index (χ0v) is 12.3. The Hall–Kier alpha value is -1.65. The Morgan fingerprint density at radius 1 is 1.26 bits per heavy atom. The van der Waals surface area contributed by atoms with E-state index in [1.807, 2.05) is 4.52 Å². The van der Waals surface area contributed by atoms with Gasteiger partial charge in [-0.2, -0.15) is 14.6 Å². The molecule has 102 valence electrons. The number of aryl methyl sites for hydroxylation is 1. The summed E-state index contributed by atoms with van der Waals surface area (Å²) in [5.41, 5.74) is 2.74. The summed E-state index contributed by atoms with van der Waals surface area (Å²) in [5.74, 6) is 2.30. The smallest absolute Gasteiger partial charge is 0.254 e. The van der Waals surface area contributed by atoms with Crippen molar-refractivity contribution in [1.82, 2.24) is 19.6 Å². The van der Waals surface area contributed by atoms with Gasteiger partial charge in [-0.1, -0.05) is 27.7 Å². The molecule has 1 saturated heterocycles. The zero-order valence-electron chi connectivity index (χ0n) is 12.3. The molecular formula is C14H21N5. The fourth-order valence-electron chi connectivity index (χ4n) is 3.06. The topological polar surface area (TPSA) is 46.3 Å². The Labute approximate surface area is 113 Å². The Morgan fingerprint density at radius 2 is 1.95 bits per heavy atom. The molecule has 0 amide bonds. The van der Waals surface area contributed by atoms with Gasteiger partial charge in [-0.05, 0) is 18.3 Å². The molecule has 1 aliphatic rings. The quantitative estimate of drug-likeness (QED) is 0.831. The first-order valence-corrected chi connectivity index (χ1v) is 6.84. The summed E-state index contributed by atoms with van der Waals surface area (Å²) >= 11 is 0. The zero-order chi connectivity index (χ0) is 13.8. The van der Waals surface area contributed by atoms with Crippen LogP contribution in [0, 0.1) is 12.3 Å². The Kier molecular flexibility index (Phi) is 2.56. The third kappa shape index (κ3) is 1.88. The van der Waals surface area contributed by atoms with Gasteiger partial charge in [-0.15, -0.1) is 0 Å². The SMILES string of the molecule is Cc1nc2ncnn2c(N2CC(C)(C)C2)c1C(C)C. The third-order valence-corrected chi connectivity index (χ3v) is 3.74. The number of anilines is 1. The van der Waals surface area contributed by atoms with Crippen LogP contribution in [0.25, 0.3) is 5.78 Å². The van der Waals surface area contributed by atoms with E-state index >= 15 is 0 Å². The lowest BCUT2D eigenvalue weighted by Crippen LogP contribution is -2.54. The molecule has 0 unspecified atom stereocenters. The lowest BCUT2D eigenvalue weighted by atomic mass is 9.83. The largest absolute Gasteiger partial charge is 0.355 e. The second-order valence-corrected chi connectivity index (χ2v) is 6.58. The minimum atomic E-state index is 0.387. The van der Waals surface area contributed by atoms with E-state index in [-0.39, 0.29) is 0 Å². The molecule has 5 heteroatoms. The maximum atomic E-state index is 4.56. The van der Waals surface area contributed by atoms with Crippen LogP contribution in [-0.4, -0.2) is 32.7 Å². The van der Waals surface area contributed by atoms with Gasteiger partial charge in [0.2, 0.25) is 0 Å². The number of fused-ring (bicyclic) bond motifs is 1. The van der Waals surface area contributed by atoms with Gasteiger partial charge in [0.05, 0.1) is 0 Å². The van der Waals surface area contributed by atoms with Crippen LogP contribution in [0.3, 0.4) is 0 Å². The Morgan fingerprint density at radius 3 is 2.53 bits per heavy atom. The second-order valence-electron chi connectivity index (χ2n) is 6.58. The standard InChI is InChI=1S/C14H21N5/c1-9(2)11-10(3)17-13-15-8-16-19(13)12(11)18-6-14(4,5)7-18/h8-9H,6-7H2,1-5H3. The number of aromatic nitrogens is 4. The number of nitrogens with zero attached hydrogens (tertiary/aromatic N) is 5. The molecular weight excluding hydrogens is 238 g/mol. The highest BCUT2D eigenvalue weighted by Gasteiger charge is 2.37. The molecule has 0 aromatic carbocycles. The molecule has 0 atom stereocenters. The molecule has 1 aliphatic heterocycles. The van der Waals surface area contributed by atoms with E-state index in [1.54, 1.807) is 6.33 Å². The number of hydrogen-bond acceptors (Lipinski definition) is 4. The van der Waals surface area contributed by atoms with E-state index in [1.165, 1.54) is 11.4 Å². The monoisotopic (exact) mass is 259 g/mol. The van der Waals surface area contributed by atoms with Crippen LogP contribution in [-0.2, 0) is 0 Å². The Balaban J connectivity index is 2.19. The van der Waals surface area contributed by atoms with E-state index in [4.69, 9.17) is 0 Å². The Bertz CT molecular complexity index is 618. The van der Waals surface area contributed by atoms with Gasteiger partial charge in [0.25, 0.3) is 5.78 Å².